The summed E-state index contributed by atoms with van der Waals surface area (Å²) in [5, 5.41) is 6.83. The molecule has 0 amide bonds. The van der Waals surface area contributed by atoms with E-state index in [4.69, 9.17) is 9.47 Å². The van der Waals surface area contributed by atoms with Crippen LogP contribution in [0.4, 0.5) is 0 Å². The number of piperazine rings is 1. The Labute approximate surface area is 215 Å². The van der Waals surface area contributed by atoms with Crippen LogP contribution in [0.25, 0.3) is 0 Å². The first-order valence-corrected chi connectivity index (χ1v) is 11.4. The van der Waals surface area contributed by atoms with Crippen molar-refractivity contribution in [3.05, 3.63) is 59.7 Å². The van der Waals surface area contributed by atoms with Crippen molar-refractivity contribution in [3.8, 4) is 11.5 Å². The van der Waals surface area contributed by atoms with Gasteiger partial charge < -0.3 is 20.1 Å². The lowest BCUT2D eigenvalue weighted by atomic mass is 10.1. The number of hydrogen-bond donors (Lipinski definition) is 2. The van der Waals surface area contributed by atoms with E-state index in [1.807, 2.05) is 19.2 Å². The van der Waals surface area contributed by atoms with E-state index in [2.05, 4.69) is 61.8 Å². The number of guanidine groups is 1. The molecule has 1 aliphatic rings. The summed E-state index contributed by atoms with van der Waals surface area (Å²) in [5.74, 6) is 2.35. The molecule has 0 aromatic heterocycles. The van der Waals surface area contributed by atoms with E-state index in [9.17, 15) is 0 Å². The molecule has 7 nitrogen and oxygen atoms in total. The molecule has 0 aliphatic carbocycles. The Morgan fingerprint density at radius 3 is 2.18 bits per heavy atom. The van der Waals surface area contributed by atoms with Gasteiger partial charge in [0.1, 0.15) is 0 Å². The molecule has 182 valence electrons. The van der Waals surface area contributed by atoms with Gasteiger partial charge in [0.25, 0.3) is 0 Å². The summed E-state index contributed by atoms with van der Waals surface area (Å²) >= 11 is 0. The molecule has 8 heteroatoms. The number of rotatable bonds is 10. The lowest BCUT2D eigenvalue weighted by molar-refractivity contribution is 0.129. The number of benzene rings is 2. The minimum absolute atomic E-state index is 0. The van der Waals surface area contributed by atoms with Crippen LogP contribution in [-0.4, -0.2) is 82.8 Å². The van der Waals surface area contributed by atoms with E-state index in [0.717, 1.165) is 76.2 Å². The predicted octanol–water partition coefficient (Wildman–Crippen LogP) is 2.85. The standard InChI is InChI=1S/C25H37N5O2.HI/c1-26-25(27-12-11-21-9-10-23(31-2)24(19-21)32-3)28-13-14-29-15-17-30(18-16-29)20-22-7-5-4-6-8-22;/h4-10,19H,11-18,20H2,1-3H3,(H2,26,27,28);1H. The van der Waals surface area contributed by atoms with E-state index in [0.29, 0.717) is 0 Å². The van der Waals surface area contributed by atoms with Gasteiger partial charge in [0, 0.05) is 59.4 Å². The lowest BCUT2D eigenvalue weighted by Gasteiger charge is -2.34. The molecule has 2 aromatic rings. The van der Waals surface area contributed by atoms with Crippen LogP contribution in [0.3, 0.4) is 0 Å². The zero-order chi connectivity index (χ0) is 22.6. The molecule has 0 atom stereocenters. The molecule has 1 fully saturated rings. The Hall–Kier alpha value is -2.04. The van der Waals surface area contributed by atoms with Crippen molar-refractivity contribution in [1.82, 2.24) is 20.4 Å². The maximum absolute atomic E-state index is 5.38. The number of methoxy groups -OCH3 is 2. The quantitative estimate of drug-likeness (QED) is 0.262. The SMILES string of the molecule is CN=C(NCCc1ccc(OC)c(OC)c1)NCCN1CCN(Cc2ccccc2)CC1.I. The molecule has 3 rings (SSSR count). The number of aliphatic imine (C=N–C) groups is 1. The smallest absolute Gasteiger partial charge is 0.191 e. The van der Waals surface area contributed by atoms with Crippen LogP contribution in [0, 0.1) is 0 Å². The summed E-state index contributed by atoms with van der Waals surface area (Å²) in [4.78, 5) is 9.40. The fraction of sp³-hybridized carbons (Fsp3) is 0.480. The second-order valence-electron chi connectivity index (χ2n) is 7.97. The summed E-state index contributed by atoms with van der Waals surface area (Å²) in [6.07, 6.45) is 0.879. The van der Waals surface area contributed by atoms with Gasteiger partial charge in [0.05, 0.1) is 14.2 Å². The highest BCUT2D eigenvalue weighted by atomic mass is 127. The van der Waals surface area contributed by atoms with Gasteiger partial charge in [0.15, 0.2) is 17.5 Å². The molecule has 1 saturated heterocycles. The zero-order valence-electron chi connectivity index (χ0n) is 20.0. The van der Waals surface area contributed by atoms with Crippen LogP contribution in [0.15, 0.2) is 53.5 Å². The second kappa shape index (κ2) is 15.0. The van der Waals surface area contributed by atoms with Gasteiger partial charge >= 0.3 is 0 Å². The number of halogens is 1. The first kappa shape index (κ1) is 27.2. The molecular weight excluding hydrogens is 529 g/mol. The predicted molar refractivity (Wildman–Crippen MR) is 146 cm³/mol. The number of nitrogens with one attached hydrogen (secondary N) is 2. The van der Waals surface area contributed by atoms with Crippen LogP contribution >= 0.6 is 24.0 Å². The van der Waals surface area contributed by atoms with E-state index in [1.54, 1.807) is 14.2 Å². The molecule has 2 aromatic carbocycles. The highest BCUT2D eigenvalue weighted by molar-refractivity contribution is 14.0. The van der Waals surface area contributed by atoms with Crippen molar-refractivity contribution in [1.29, 1.82) is 0 Å². The fourth-order valence-corrected chi connectivity index (χ4v) is 3.93. The van der Waals surface area contributed by atoms with Gasteiger partial charge in [-0.2, -0.15) is 0 Å². The van der Waals surface area contributed by atoms with Crippen LogP contribution in [0.1, 0.15) is 11.1 Å². The van der Waals surface area contributed by atoms with Crippen molar-refractivity contribution in [3.63, 3.8) is 0 Å². The van der Waals surface area contributed by atoms with Crippen LogP contribution < -0.4 is 20.1 Å². The van der Waals surface area contributed by atoms with Gasteiger partial charge in [-0.3, -0.25) is 14.8 Å². The molecule has 0 radical (unpaired) electrons. The average Bonchev–Trinajstić information content (AvgIpc) is 2.84. The van der Waals surface area contributed by atoms with Crippen molar-refractivity contribution in [2.75, 3.05) is 67.1 Å². The average molecular weight is 568 g/mol. The topological polar surface area (TPSA) is 61.4 Å². The third-order valence-corrected chi connectivity index (χ3v) is 5.81. The van der Waals surface area contributed by atoms with Crippen LogP contribution in [-0.2, 0) is 13.0 Å². The molecule has 2 N–H and O–H groups in total. The van der Waals surface area contributed by atoms with Gasteiger partial charge in [-0.1, -0.05) is 36.4 Å². The molecule has 33 heavy (non-hydrogen) atoms. The van der Waals surface area contributed by atoms with Crippen LogP contribution in [0.5, 0.6) is 11.5 Å². The fourth-order valence-electron chi connectivity index (χ4n) is 3.93. The first-order valence-electron chi connectivity index (χ1n) is 11.4. The molecular formula is C25H38IN5O2. The summed E-state index contributed by atoms with van der Waals surface area (Å²) in [7, 11) is 5.13. The van der Waals surface area contributed by atoms with Gasteiger partial charge in [-0.25, -0.2) is 0 Å². The van der Waals surface area contributed by atoms with Crippen LogP contribution in [0.2, 0.25) is 0 Å². The molecule has 0 bridgehead atoms. The Kier molecular flexibility index (Phi) is 12.3. The highest BCUT2D eigenvalue weighted by Gasteiger charge is 2.16. The summed E-state index contributed by atoms with van der Waals surface area (Å²) < 4.78 is 10.7. The normalized spacial score (nSPS) is 14.9. The minimum Gasteiger partial charge on any atom is -0.493 e. The lowest BCUT2D eigenvalue weighted by Crippen LogP contribution is -2.49. The molecule has 0 saturated carbocycles. The Morgan fingerprint density at radius 2 is 1.52 bits per heavy atom. The zero-order valence-corrected chi connectivity index (χ0v) is 22.4. The van der Waals surface area contributed by atoms with E-state index >= 15 is 0 Å². The third-order valence-electron chi connectivity index (χ3n) is 5.81. The Balaban J connectivity index is 0.00000385. The van der Waals surface area contributed by atoms with Crippen molar-refractivity contribution in [2.24, 2.45) is 4.99 Å². The largest absolute Gasteiger partial charge is 0.493 e. The van der Waals surface area contributed by atoms with E-state index in [-0.39, 0.29) is 24.0 Å². The van der Waals surface area contributed by atoms with Crippen molar-refractivity contribution < 1.29 is 9.47 Å². The minimum atomic E-state index is 0. The van der Waals surface area contributed by atoms with Gasteiger partial charge in [-0.15, -0.1) is 24.0 Å². The van der Waals surface area contributed by atoms with Crippen molar-refractivity contribution >= 4 is 29.9 Å². The maximum Gasteiger partial charge on any atom is 0.191 e. The number of hydrogen-bond acceptors (Lipinski definition) is 5. The summed E-state index contributed by atoms with van der Waals surface area (Å²) in [6, 6.07) is 16.8. The van der Waals surface area contributed by atoms with Gasteiger partial charge in [-0.05, 0) is 29.7 Å². The van der Waals surface area contributed by atoms with E-state index < -0.39 is 0 Å². The Bertz CT molecular complexity index is 842. The second-order valence-corrected chi connectivity index (χ2v) is 7.97. The molecule has 1 heterocycles. The summed E-state index contributed by atoms with van der Waals surface area (Å²) in [5.41, 5.74) is 2.59. The Morgan fingerprint density at radius 1 is 0.848 bits per heavy atom. The molecule has 1 aliphatic heterocycles. The maximum atomic E-state index is 5.38. The highest BCUT2D eigenvalue weighted by Crippen LogP contribution is 2.27. The monoisotopic (exact) mass is 567 g/mol. The number of ether oxygens (including phenoxy) is 2. The first-order chi connectivity index (χ1) is 15.7. The van der Waals surface area contributed by atoms with Gasteiger partial charge in [0.2, 0.25) is 0 Å². The molecule has 0 spiro atoms. The summed E-state index contributed by atoms with van der Waals surface area (Å²) in [6.45, 7) is 8.21. The number of nitrogens with zero attached hydrogens (tertiary/aromatic N) is 3. The molecule has 0 unspecified atom stereocenters. The van der Waals surface area contributed by atoms with E-state index in [1.165, 1.54) is 11.1 Å². The third kappa shape index (κ3) is 9.02. The van der Waals surface area contributed by atoms with Crippen molar-refractivity contribution in [2.45, 2.75) is 13.0 Å².